The van der Waals surface area contributed by atoms with Crippen molar-refractivity contribution in [2.24, 2.45) is 5.92 Å². The van der Waals surface area contributed by atoms with Gasteiger partial charge in [0.25, 0.3) is 0 Å². The maximum Gasteiger partial charge on any atom is 0.0284 e. The van der Waals surface area contributed by atoms with Crippen molar-refractivity contribution in [2.45, 2.75) is 20.3 Å². The Kier molecular flexibility index (Phi) is 4.67. The van der Waals surface area contributed by atoms with E-state index in [1.165, 1.54) is 6.42 Å². The van der Waals surface area contributed by atoms with Crippen LogP contribution < -0.4 is 0 Å². The minimum Gasteiger partial charge on any atom is -0.375 e. The fourth-order valence-electron chi connectivity index (χ4n) is 0.751. The van der Waals surface area contributed by atoms with Gasteiger partial charge in [0.2, 0.25) is 0 Å². The highest BCUT2D eigenvalue weighted by Gasteiger charge is 1.99. The molecule has 0 aromatic carbocycles. The molecule has 0 radical (unpaired) electrons. The van der Waals surface area contributed by atoms with Gasteiger partial charge in [0.1, 0.15) is 0 Å². The molecule has 0 aromatic heterocycles. The van der Waals surface area contributed by atoms with E-state index in [4.69, 9.17) is 0 Å². The van der Waals surface area contributed by atoms with Gasteiger partial charge < -0.3 is 4.90 Å². The molecule has 0 bridgehead atoms. The number of allylic oxidation sites excluding steroid dienone is 1. The fourth-order valence-corrected chi connectivity index (χ4v) is 0.751. The smallest absolute Gasteiger partial charge is 0.0284 e. The highest BCUT2D eigenvalue weighted by atomic mass is 15.1. The van der Waals surface area contributed by atoms with E-state index >= 15 is 0 Å². The van der Waals surface area contributed by atoms with Crippen LogP contribution in [0.15, 0.2) is 24.9 Å². The third kappa shape index (κ3) is 4.65. The quantitative estimate of drug-likeness (QED) is 0.549. The van der Waals surface area contributed by atoms with Crippen molar-refractivity contribution >= 4 is 0 Å². The summed E-state index contributed by atoms with van der Waals surface area (Å²) in [5.74, 6) is 0.759. The van der Waals surface area contributed by atoms with Crippen LogP contribution in [-0.2, 0) is 0 Å². The molecule has 0 saturated heterocycles. The number of hydrogen-bond acceptors (Lipinski definition) is 1. The van der Waals surface area contributed by atoms with Crippen LogP contribution >= 0.6 is 0 Å². The van der Waals surface area contributed by atoms with Crippen molar-refractivity contribution in [1.29, 1.82) is 0 Å². The van der Waals surface area contributed by atoms with Crippen LogP contribution in [0, 0.1) is 5.92 Å². The molecule has 0 aliphatic rings. The van der Waals surface area contributed by atoms with E-state index in [0.717, 1.165) is 18.2 Å². The Morgan fingerprint density at radius 3 is 2.45 bits per heavy atom. The van der Waals surface area contributed by atoms with E-state index in [1.807, 2.05) is 7.05 Å². The summed E-state index contributed by atoms with van der Waals surface area (Å²) in [4.78, 5) is 2.13. The molecule has 1 nitrogen and oxygen atoms in total. The molecule has 0 spiro atoms. The van der Waals surface area contributed by atoms with Gasteiger partial charge in [-0.3, -0.25) is 0 Å². The largest absolute Gasteiger partial charge is 0.375 e. The van der Waals surface area contributed by atoms with E-state index in [9.17, 15) is 0 Å². The summed E-state index contributed by atoms with van der Waals surface area (Å²) in [5.41, 5.74) is 1.01. The minimum absolute atomic E-state index is 0.759. The Balaban J connectivity index is 3.60. The lowest BCUT2D eigenvalue weighted by Crippen LogP contribution is -2.18. The first-order valence-corrected chi connectivity index (χ1v) is 4.10. The summed E-state index contributed by atoms with van der Waals surface area (Å²) in [6, 6.07) is 0. The van der Waals surface area contributed by atoms with Crippen molar-refractivity contribution in [1.82, 2.24) is 4.90 Å². The molecule has 0 amide bonds. The van der Waals surface area contributed by atoms with Crippen molar-refractivity contribution in [2.75, 3.05) is 13.6 Å². The molecule has 0 saturated carbocycles. The monoisotopic (exact) mass is 153 g/mol. The molecule has 0 aliphatic carbocycles. The Morgan fingerprint density at radius 2 is 2.09 bits per heavy atom. The summed E-state index contributed by atoms with van der Waals surface area (Å²) in [6.45, 7) is 13.1. The molecule has 0 aromatic rings. The van der Waals surface area contributed by atoms with Gasteiger partial charge in [0, 0.05) is 19.3 Å². The molecule has 0 aliphatic heterocycles. The van der Waals surface area contributed by atoms with Gasteiger partial charge >= 0.3 is 0 Å². The second-order valence-electron chi connectivity index (χ2n) is 3.30. The van der Waals surface area contributed by atoms with E-state index < -0.39 is 0 Å². The zero-order chi connectivity index (χ0) is 8.85. The van der Waals surface area contributed by atoms with Crippen LogP contribution in [0.1, 0.15) is 20.3 Å². The topological polar surface area (TPSA) is 3.24 Å². The highest BCUT2D eigenvalue weighted by molar-refractivity contribution is 5.08. The highest BCUT2D eigenvalue weighted by Crippen LogP contribution is 2.04. The van der Waals surface area contributed by atoms with Crippen LogP contribution in [0.3, 0.4) is 0 Å². The molecule has 11 heavy (non-hydrogen) atoms. The zero-order valence-corrected chi connectivity index (χ0v) is 7.93. The molecule has 1 heteroatoms. The average Bonchev–Trinajstić information content (AvgIpc) is 1.98. The molecular formula is C10H19N. The lowest BCUT2D eigenvalue weighted by atomic mass is 10.1. The predicted molar refractivity (Wildman–Crippen MR) is 51.4 cm³/mol. The second kappa shape index (κ2) is 5.00. The Labute approximate surface area is 70.4 Å². The predicted octanol–water partition coefficient (Wildman–Crippen LogP) is 2.66. The molecule has 64 valence electrons. The van der Waals surface area contributed by atoms with E-state index in [-0.39, 0.29) is 0 Å². The SMILES string of the molecule is C=CC(=C)N(C)CCC(C)C. The summed E-state index contributed by atoms with van der Waals surface area (Å²) in [5, 5.41) is 0. The van der Waals surface area contributed by atoms with Crippen molar-refractivity contribution in [3.05, 3.63) is 24.9 Å². The number of likely N-dealkylation sites (N-methyl/N-ethyl adjacent to an activating group) is 1. The summed E-state index contributed by atoms with van der Waals surface area (Å²) >= 11 is 0. The normalized spacial score (nSPS) is 9.82. The van der Waals surface area contributed by atoms with Crippen LogP contribution in [0.25, 0.3) is 0 Å². The molecule has 0 unspecified atom stereocenters. The molecule has 0 rings (SSSR count). The summed E-state index contributed by atoms with van der Waals surface area (Å²) < 4.78 is 0. The number of rotatable bonds is 5. The lowest BCUT2D eigenvalue weighted by Gasteiger charge is -2.19. The number of hydrogen-bond donors (Lipinski definition) is 0. The van der Waals surface area contributed by atoms with Crippen LogP contribution in [-0.4, -0.2) is 18.5 Å². The average molecular weight is 153 g/mol. The van der Waals surface area contributed by atoms with E-state index in [2.05, 4.69) is 31.9 Å². The van der Waals surface area contributed by atoms with Gasteiger partial charge in [0.15, 0.2) is 0 Å². The van der Waals surface area contributed by atoms with Crippen molar-refractivity contribution < 1.29 is 0 Å². The van der Waals surface area contributed by atoms with Gasteiger partial charge in [-0.2, -0.15) is 0 Å². The Bertz CT molecular complexity index is 136. The van der Waals surface area contributed by atoms with Gasteiger partial charge in [-0.1, -0.05) is 27.0 Å². The second-order valence-corrected chi connectivity index (χ2v) is 3.30. The maximum absolute atomic E-state index is 3.86. The van der Waals surface area contributed by atoms with Gasteiger partial charge in [-0.05, 0) is 18.4 Å². The third-order valence-corrected chi connectivity index (χ3v) is 1.77. The standard InChI is InChI=1S/C10H19N/c1-6-10(4)11(5)8-7-9(2)3/h6,9H,1,4,7-8H2,2-3,5H3. The first-order valence-electron chi connectivity index (χ1n) is 4.10. The van der Waals surface area contributed by atoms with Gasteiger partial charge in [-0.15, -0.1) is 0 Å². The van der Waals surface area contributed by atoms with Gasteiger partial charge in [-0.25, -0.2) is 0 Å². The fraction of sp³-hybridized carbons (Fsp3) is 0.600. The van der Waals surface area contributed by atoms with Crippen molar-refractivity contribution in [3.8, 4) is 0 Å². The lowest BCUT2D eigenvalue weighted by molar-refractivity contribution is 0.387. The Morgan fingerprint density at radius 1 is 1.55 bits per heavy atom. The molecular weight excluding hydrogens is 134 g/mol. The first kappa shape index (κ1) is 10.3. The number of nitrogens with zero attached hydrogens (tertiary/aromatic N) is 1. The summed E-state index contributed by atoms with van der Waals surface area (Å²) in [7, 11) is 2.05. The van der Waals surface area contributed by atoms with Crippen molar-refractivity contribution in [3.63, 3.8) is 0 Å². The first-order chi connectivity index (χ1) is 5.07. The van der Waals surface area contributed by atoms with Crippen LogP contribution in [0.2, 0.25) is 0 Å². The maximum atomic E-state index is 3.86. The third-order valence-electron chi connectivity index (χ3n) is 1.77. The van der Waals surface area contributed by atoms with Crippen LogP contribution in [0.5, 0.6) is 0 Å². The summed E-state index contributed by atoms with van der Waals surface area (Å²) in [6.07, 6.45) is 3.00. The van der Waals surface area contributed by atoms with Gasteiger partial charge in [0.05, 0.1) is 0 Å². The zero-order valence-electron chi connectivity index (χ0n) is 7.93. The molecule has 0 fully saturated rings. The van der Waals surface area contributed by atoms with E-state index in [0.29, 0.717) is 0 Å². The van der Waals surface area contributed by atoms with E-state index in [1.54, 1.807) is 6.08 Å². The molecule has 0 N–H and O–H groups in total. The molecule has 0 atom stereocenters. The minimum atomic E-state index is 0.759. The van der Waals surface area contributed by atoms with Crippen LogP contribution in [0.4, 0.5) is 0 Å². The Hall–Kier alpha value is -0.720. The molecule has 0 heterocycles.